The van der Waals surface area contributed by atoms with Crippen molar-refractivity contribution in [1.29, 1.82) is 0 Å². The first-order valence-electron chi connectivity index (χ1n) is 20.0. The van der Waals surface area contributed by atoms with Crippen molar-refractivity contribution in [2.45, 2.75) is 185 Å². The third-order valence-electron chi connectivity index (χ3n) is 10.1. The highest BCUT2D eigenvalue weighted by Crippen LogP contribution is 2.36. The van der Waals surface area contributed by atoms with Gasteiger partial charge in [-0.1, -0.05) is 136 Å². The molecule has 1 rings (SSSR count). The molecule has 51 heavy (non-hydrogen) atoms. The summed E-state index contributed by atoms with van der Waals surface area (Å²) in [6.07, 6.45) is 18.2. The third-order valence-corrected chi connectivity index (χ3v) is 10.1. The Morgan fingerprint density at radius 2 is 1.20 bits per heavy atom. The molecule has 1 fully saturated rings. The predicted octanol–water partition coefficient (Wildman–Crippen LogP) is 3.32. The van der Waals surface area contributed by atoms with Gasteiger partial charge in [0.15, 0.2) is 11.6 Å². The van der Waals surface area contributed by atoms with E-state index in [2.05, 4.69) is 19.2 Å². The van der Waals surface area contributed by atoms with Gasteiger partial charge in [0.2, 0.25) is 17.7 Å². The molecule has 10 N–H and O–H groups in total. The quantitative estimate of drug-likeness (QED) is 0.0311. The number of nitrogens with zero attached hydrogens (tertiary/aromatic N) is 1. The van der Waals surface area contributed by atoms with Crippen LogP contribution in [-0.4, -0.2) is 100 Å². The summed E-state index contributed by atoms with van der Waals surface area (Å²) in [6.45, 7) is 2.66. The topological polar surface area (TPSA) is 232 Å². The van der Waals surface area contributed by atoms with Gasteiger partial charge >= 0.3 is 0 Å². The van der Waals surface area contributed by atoms with E-state index >= 15 is 0 Å². The van der Waals surface area contributed by atoms with Crippen LogP contribution in [0.5, 0.6) is 0 Å². The first-order chi connectivity index (χ1) is 24.5. The number of rotatable bonds is 31. The van der Waals surface area contributed by atoms with Gasteiger partial charge in [-0.2, -0.15) is 0 Å². The maximum Gasteiger partial charge on any atom is 0.245 e. The molecule has 1 aliphatic rings. The molecule has 0 aliphatic carbocycles. The third kappa shape index (κ3) is 17.1. The number of hydrogen-bond donors (Lipinski definition) is 7. The van der Waals surface area contributed by atoms with E-state index in [4.69, 9.17) is 21.9 Å². The second-order valence-electron chi connectivity index (χ2n) is 14.4. The number of ketones is 2. The maximum atomic E-state index is 13.9. The highest BCUT2D eigenvalue weighted by molar-refractivity contribution is 6.06. The SMILES string of the molecule is CCCCCCCCCCCCCCN(C(=O)CCCCCCCCCCC)[C@]1(N)O[C@H](CO)[C@@H](O)[C@H](O)[C@H]1C(=O)CNC(=O)C(N)C(=O)CN. The van der Waals surface area contributed by atoms with E-state index in [-0.39, 0.29) is 18.9 Å². The number of hydrogen-bond acceptors (Lipinski definition) is 11. The van der Waals surface area contributed by atoms with Crippen molar-refractivity contribution in [1.82, 2.24) is 10.2 Å². The summed E-state index contributed by atoms with van der Waals surface area (Å²) in [5, 5.41) is 34.2. The maximum absolute atomic E-state index is 13.9. The fourth-order valence-corrected chi connectivity index (χ4v) is 6.84. The smallest absolute Gasteiger partial charge is 0.245 e. The standard InChI is InChI=1S/C38H73N5O8/c1-3-5-7-9-11-13-14-15-17-19-21-23-25-43(32(47)24-22-20-18-16-12-10-8-6-4-2)38(41)33(36(49)35(48)31(28-44)51-38)30(46)27-42-37(50)34(40)29(45)26-39/h31,33-36,44,48-49H,3-28,39-41H2,1-2H3,(H,42,50)/t31-,33-,34?,35-,36-,38+/m1/s1. The second kappa shape index (κ2) is 27.6. The van der Waals surface area contributed by atoms with Gasteiger partial charge in [0, 0.05) is 13.0 Å². The molecule has 6 atom stereocenters. The van der Waals surface area contributed by atoms with Crippen LogP contribution in [0.15, 0.2) is 0 Å². The molecule has 13 heteroatoms. The lowest BCUT2D eigenvalue weighted by Crippen LogP contribution is -2.75. The van der Waals surface area contributed by atoms with E-state index in [0.717, 1.165) is 51.4 Å². The molecular formula is C38H73N5O8. The summed E-state index contributed by atoms with van der Waals surface area (Å²) < 4.78 is 5.98. The van der Waals surface area contributed by atoms with Crippen molar-refractivity contribution in [2.24, 2.45) is 23.1 Å². The Labute approximate surface area is 307 Å². The van der Waals surface area contributed by atoms with Crippen molar-refractivity contribution in [3.63, 3.8) is 0 Å². The summed E-state index contributed by atoms with van der Waals surface area (Å²) in [6, 6.07) is -1.59. The molecule has 13 nitrogen and oxygen atoms in total. The van der Waals surface area contributed by atoms with Crippen molar-refractivity contribution in [3.05, 3.63) is 0 Å². The number of nitrogens with one attached hydrogen (secondary N) is 1. The highest BCUT2D eigenvalue weighted by atomic mass is 16.6. The number of carbonyl (C=O) groups is 4. The zero-order valence-corrected chi connectivity index (χ0v) is 31.8. The monoisotopic (exact) mass is 728 g/mol. The average Bonchev–Trinajstić information content (AvgIpc) is 3.12. The van der Waals surface area contributed by atoms with E-state index in [1.54, 1.807) is 0 Å². The Bertz CT molecular complexity index is 988. The second-order valence-corrected chi connectivity index (χ2v) is 14.4. The normalized spacial score (nSPS) is 22.4. The number of unbranched alkanes of at least 4 members (excludes halogenated alkanes) is 19. The first kappa shape index (κ1) is 47.0. The fraction of sp³-hybridized carbons (Fsp3) is 0.895. The molecule has 1 aliphatic heterocycles. The van der Waals surface area contributed by atoms with Crippen molar-refractivity contribution in [3.8, 4) is 0 Å². The van der Waals surface area contributed by atoms with Crippen LogP contribution in [0.1, 0.15) is 155 Å². The molecule has 0 aromatic carbocycles. The number of carbonyl (C=O) groups excluding carboxylic acids is 4. The summed E-state index contributed by atoms with van der Waals surface area (Å²) in [5.41, 5.74) is 17.8. The van der Waals surface area contributed by atoms with Crippen LogP contribution in [0, 0.1) is 5.92 Å². The van der Waals surface area contributed by atoms with Crippen LogP contribution >= 0.6 is 0 Å². The number of amides is 2. The Morgan fingerprint density at radius 3 is 1.65 bits per heavy atom. The molecule has 0 saturated carbocycles. The zero-order valence-electron chi connectivity index (χ0n) is 31.8. The first-order valence-corrected chi connectivity index (χ1v) is 20.0. The van der Waals surface area contributed by atoms with Gasteiger partial charge in [-0.15, -0.1) is 0 Å². The summed E-state index contributed by atoms with van der Waals surface area (Å²) >= 11 is 0. The summed E-state index contributed by atoms with van der Waals surface area (Å²) in [5.74, 6) is -6.78. The number of ether oxygens (including phenoxy) is 1. The lowest BCUT2D eigenvalue weighted by atomic mass is 9.82. The molecule has 0 radical (unpaired) electrons. The van der Waals surface area contributed by atoms with Crippen LogP contribution in [0.3, 0.4) is 0 Å². The minimum atomic E-state index is -2.23. The van der Waals surface area contributed by atoms with Crippen molar-refractivity contribution in [2.75, 3.05) is 26.2 Å². The van der Waals surface area contributed by atoms with Crippen LogP contribution in [0.4, 0.5) is 0 Å². The number of nitrogens with two attached hydrogens (primary N) is 3. The Morgan fingerprint density at radius 1 is 0.745 bits per heavy atom. The van der Waals surface area contributed by atoms with E-state index in [9.17, 15) is 34.5 Å². The minimum absolute atomic E-state index is 0.136. The molecule has 0 bridgehead atoms. The van der Waals surface area contributed by atoms with Gasteiger partial charge in [0.1, 0.15) is 24.2 Å². The van der Waals surface area contributed by atoms with E-state index < -0.39 is 73.3 Å². The molecule has 0 spiro atoms. The Hall–Kier alpha value is -2.00. The van der Waals surface area contributed by atoms with E-state index in [1.807, 2.05) is 0 Å². The fourth-order valence-electron chi connectivity index (χ4n) is 6.84. The van der Waals surface area contributed by atoms with Gasteiger partial charge in [-0.05, 0) is 12.8 Å². The van der Waals surface area contributed by atoms with Gasteiger partial charge in [0.05, 0.1) is 25.8 Å². The molecule has 1 saturated heterocycles. The van der Waals surface area contributed by atoms with Crippen LogP contribution in [0.25, 0.3) is 0 Å². The number of aliphatic hydroxyl groups excluding tert-OH is 3. The zero-order chi connectivity index (χ0) is 38.1. The molecule has 0 aromatic rings. The van der Waals surface area contributed by atoms with Gasteiger partial charge in [0.25, 0.3) is 0 Å². The summed E-state index contributed by atoms with van der Waals surface area (Å²) in [7, 11) is 0. The molecule has 298 valence electrons. The molecule has 2 amide bonds. The minimum Gasteiger partial charge on any atom is -0.394 e. The van der Waals surface area contributed by atoms with E-state index in [1.165, 1.54) is 75.5 Å². The lowest BCUT2D eigenvalue weighted by molar-refractivity contribution is -0.291. The Kier molecular flexibility index (Phi) is 25.4. The molecular weight excluding hydrogens is 654 g/mol. The van der Waals surface area contributed by atoms with Gasteiger partial charge in [-0.3, -0.25) is 24.9 Å². The highest BCUT2D eigenvalue weighted by Gasteiger charge is 2.58. The number of Topliss-reactive ketones (excluding diaryl/α,β-unsaturated/α-hetero) is 2. The van der Waals surface area contributed by atoms with Crippen LogP contribution in [-0.2, 0) is 23.9 Å². The van der Waals surface area contributed by atoms with Crippen LogP contribution in [0.2, 0.25) is 0 Å². The van der Waals surface area contributed by atoms with Crippen molar-refractivity contribution < 1.29 is 39.2 Å². The van der Waals surface area contributed by atoms with Gasteiger partial charge in [-0.25, -0.2) is 0 Å². The predicted molar refractivity (Wildman–Crippen MR) is 199 cm³/mol. The number of aliphatic hydroxyl groups is 3. The summed E-state index contributed by atoms with van der Waals surface area (Å²) in [4.78, 5) is 53.1. The van der Waals surface area contributed by atoms with Crippen LogP contribution < -0.4 is 22.5 Å². The van der Waals surface area contributed by atoms with Crippen molar-refractivity contribution >= 4 is 23.4 Å². The van der Waals surface area contributed by atoms with Gasteiger partial charge < -0.3 is 41.7 Å². The average molecular weight is 728 g/mol. The Balaban J connectivity index is 3.02. The molecule has 1 unspecified atom stereocenters. The lowest BCUT2D eigenvalue weighted by Gasteiger charge is -2.52. The molecule has 0 aromatic heterocycles. The van der Waals surface area contributed by atoms with E-state index in [0.29, 0.717) is 12.8 Å². The largest absolute Gasteiger partial charge is 0.394 e. The molecule has 1 heterocycles.